The van der Waals surface area contributed by atoms with Gasteiger partial charge in [-0.1, -0.05) is 72.8 Å². The van der Waals surface area contributed by atoms with E-state index in [2.05, 4.69) is 15.6 Å². The molecule has 1 aromatic heterocycles. The fourth-order valence-electron chi connectivity index (χ4n) is 4.33. The molecule has 0 unspecified atom stereocenters. The van der Waals surface area contributed by atoms with Crippen LogP contribution in [-0.4, -0.2) is 16.8 Å². The van der Waals surface area contributed by atoms with Crippen LogP contribution >= 0.6 is 30.2 Å². The van der Waals surface area contributed by atoms with E-state index in [1.54, 1.807) is 35.8 Å². The summed E-state index contributed by atoms with van der Waals surface area (Å²) >= 11 is 8.76. The minimum Gasteiger partial charge on any atom is -0.313 e. The molecule has 4 aromatic carbocycles. The molecule has 5 nitrogen and oxygen atoms in total. The zero-order valence-electron chi connectivity index (χ0n) is 20.7. The summed E-state index contributed by atoms with van der Waals surface area (Å²) in [6.07, 6.45) is 1.60. The Labute approximate surface area is 236 Å². The minimum atomic E-state index is -2.84. The van der Waals surface area contributed by atoms with Crippen LogP contribution in [0.5, 0.6) is 0 Å². The number of amides is 2. The smallest absolute Gasteiger partial charge is 0.279 e. The van der Waals surface area contributed by atoms with Crippen LogP contribution in [0, 0.1) is 0 Å². The second-order valence-corrected chi connectivity index (χ2v) is 13.3. The highest BCUT2D eigenvalue weighted by atomic mass is 35.5. The number of carbonyl (C=O) groups excluding carboxylic acids is 2. The van der Waals surface area contributed by atoms with E-state index in [9.17, 15) is 9.59 Å². The number of carbonyl (C=O) groups is 2. The fourth-order valence-corrected chi connectivity index (χ4v) is 9.79. The minimum absolute atomic E-state index is 0.0226. The molecule has 0 aliphatic rings. The first kappa shape index (κ1) is 26.5. The van der Waals surface area contributed by atoms with Gasteiger partial charge in [-0.3, -0.25) is 14.9 Å². The van der Waals surface area contributed by atoms with Crippen molar-refractivity contribution in [2.45, 2.75) is 0 Å². The third-order valence-corrected chi connectivity index (χ3v) is 11.8. The highest BCUT2D eigenvalue weighted by molar-refractivity contribution is 8.00. The highest BCUT2D eigenvalue weighted by Crippen LogP contribution is 2.64. The van der Waals surface area contributed by atoms with Crippen molar-refractivity contribution in [1.29, 1.82) is 0 Å². The number of nitrogens with zero attached hydrogens (tertiary/aromatic N) is 1. The highest BCUT2D eigenvalue weighted by Gasteiger charge is 2.52. The Balaban J connectivity index is 1.79. The largest absolute Gasteiger partial charge is 0.313 e. The van der Waals surface area contributed by atoms with Crippen LogP contribution in [0.25, 0.3) is 0 Å². The monoisotopic (exact) mass is 568 g/mol. The Morgan fingerprint density at radius 3 is 1.59 bits per heavy atom. The number of hydrogen-bond donors (Lipinski definition) is 2. The quantitative estimate of drug-likeness (QED) is 0.180. The third-order valence-electron chi connectivity index (χ3n) is 6.09. The van der Waals surface area contributed by atoms with Crippen molar-refractivity contribution < 1.29 is 9.59 Å². The molecule has 0 aliphatic carbocycles. The summed E-state index contributed by atoms with van der Waals surface area (Å²) in [5.41, 5.74) is 0.384. The lowest BCUT2D eigenvalue weighted by atomic mass is 10.2. The van der Waals surface area contributed by atoms with Crippen LogP contribution in [0.4, 0.5) is 5.13 Å². The van der Waals surface area contributed by atoms with Gasteiger partial charge in [0.15, 0.2) is 18.1 Å². The van der Waals surface area contributed by atoms with E-state index in [-0.39, 0.29) is 10.5 Å². The van der Waals surface area contributed by atoms with E-state index in [0.29, 0.717) is 10.7 Å². The van der Waals surface area contributed by atoms with E-state index in [4.69, 9.17) is 11.6 Å². The zero-order valence-corrected chi connectivity index (χ0v) is 23.2. The Morgan fingerprint density at radius 2 is 1.15 bits per heavy atom. The molecule has 0 saturated carbocycles. The number of halogens is 1. The van der Waals surface area contributed by atoms with Gasteiger partial charge in [0.1, 0.15) is 15.9 Å². The van der Waals surface area contributed by atoms with Gasteiger partial charge in [-0.2, -0.15) is 0 Å². The van der Waals surface area contributed by atoms with E-state index in [1.165, 1.54) is 11.3 Å². The summed E-state index contributed by atoms with van der Waals surface area (Å²) in [6, 6.07) is 38.4. The van der Waals surface area contributed by atoms with Crippen molar-refractivity contribution in [2.75, 3.05) is 5.32 Å². The predicted octanol–water partition coefficient (Wildman–Crippen LogP) is 5.91. The zero-order chi connectivity index (χ0) is 27.1. The first-order chi connectivity index (χ1) is 19.1. The van der Waals surface area contributed by atoms with Gasteiger partial charge in [0, 0.05) is 17.1 Å². The van der Waals surface area contributed by atoms with Gasteiger partial charge in [-0.05, 0) is 60.1 Å². The second-order valence-electron chi connectivity index (χ2n) is 8.45. The Hall–Kier alpha value is -4.09. The first-order valence-corrected chi connectivity index (χ1v) is 15.2. The van der Waals surface area contributed by atoms with Crippen molar-refractivity contribution in [2.24, 2.45) is 0 Å². The average Bonchev–Trinajstić information content (AvgIpc) is 3.51. The van der Waals surface area contributed by atoms with Crippen molar-refractivity contribution >= 4 is 63.1 Å². The lowest BCUT2D eigenvalue weighted by molar-refractivity contribution is -0.113. The van der Waals surface area contributed by atoms with Crippen LogP contribution in [0.15, 0.2) is 143 Å². The van der Waals surface area contributed by atoms with Crippen LogP contribution in [0.1, 0.15) is 10.4 Å². The predicted molar refractivity (Wildman–Crippen MR) is 163 cm³/mol. The normalized spacial score (nSPS) is 11.8. The number of aromatic nitrogens is 1. The van der Waals surface area contributed by atoms with Gasteiger partial charge in [0.25, 0.3) is 11.8 Å². The summed E-state index contributed by atoms with van der Waals surface area (Å²) in [6.45, 7) is 0. The molecule has 0 fully saturated rings. The van der Waals surface area contributed by atoms with Gasteiger partial charge in [-0.15, -0.1) is 11.3 Å². The lowest BCUT2D eigenvalue weighted by Crippen LogP contribution is -2.37. The topological polar surface area (TPSA) is 71.1 Å². The van der Waals surface area contributed by atoms with E-state index in [1.807, 2.05) is 97.1 Å². The second kappa shape index (κ2) is 12.2. The van der Waals surface area contributed by atoms with Crippen molar-refractivity contribution in [1.82, 2.24) is 10.3 Å². The molecule has 5 aromatic rings. The molecule has 0 spiro atoms. The molecule has 192 valence electrons. The number of hydrogen-bond acceptors (Lipinski definition) is 4. The molecular formula is C31H24ClN3O2PS+. The average molecular weight is 569 g/mol. The SMILES string of the molecule is O=C(Nc1nccs1)/C(NC(=O)c1ccccc1)=C(\Cl)[P+](c1ccccc1)(c1ccccc1)c1ccccc1. The van der Waals surface area contributed by atoms with Crippen molar-refractivity contribution in [3.8, 4) is 0 Å². The molecule has 0 bridgehead atoms. The molecule has 2 amide bonds. The lowest BCUT2D eigenvalue weighted by Gasteiger charge is -2.28. The molecule has 0 radical (unpaired) electrons. The maximum atomic E-state index is 13.9. The number of thiazole rings is 1. The number of anilines is 1. The van der Waals surface area contributed by atoms with Gasteiger partial charge < -0.3 is 5.32 Å². The van der Waals surface area contributed by atoms with E-state index < -0.39 is 19.1 Å². The molecular weight excluding hydrogens is 545 g/mol. The van der Waals surface area contributed by atoms with Crippen LogP contribution < -0.4 is 26.5 Å². The molecule has 0 atom stereocenters. The Kier molecular flexibility index (Phi) is 8.28. The molecule has 1 heterocycles. The molecule has 2 N–H and O–H groups in total. The first-order valence-electron chi connectivity index (χ1n) is 12.1. The van der Waals surface area contributed by atoms with Gasteiger partial charge in [-0.25, -0.2) is 4.98 Å². The Morgan fingerprint density at radius 1 is 0.692 bits per heavy atom. The van der Waals surface area contributed by atoms with E-state index >= 15 is 0 Å². The number of rotatable bonds is 8. The maximum Gasteiger partial charge on any atom is 0.279 e. The van der Waals surface area contributed by atoms with Gasteiger partial charge in [0.05, 0.1) is 0 Å². The summed E-state index contributed by atoms with van der Waals surface area (Å²) in [5, 5.41) is 10.7. The summed E-state index contributed by atoms with van der Waals surface area (Å²) in [4.78, 5) is 31.5. The van der Waals surface area contributed by atoms with Crippen molar-refractivity contribution in [3.05, 3.63) is 149 Å². The molecule has 0 saturated heterocycles. The molecule has 39 heavy (non-hydrogen) atoms. The summed E-state index contributed by atoms with van der Waals surface area (Å²) in [7, 11) is -2.84. The Bertz CT molecular complexity index is 1480. The standard InChI is InChI=1S/C31H23ClN3O2PS/c32-28(27(30(37)35-31-33-21-22-39-31)34-29(36)23-13-5-1-6-14-23)38(24-15-7-2-8-16-24,25-17-9-3-10-18-25)26-19-11-4-12-20-26/h1-22H,(H-,33,34,35,36,37)/p+1/b28-27-. The number of benzene rings is 4. The van der Waals surface area contributed by atoms with Crippen LogP contribution in [-0.2, 0) is 4.79 Å². The van der Waals surface area contributed by atoms with Crippen LogP contribution in [0.3, 0.4) is 0 Å². The summed E-state index contributed by atoms with van der Waals surface area (Å²) in [5.74, 6) is -0.989. The number of nitrogens with one attached hydrogen (secondary N) is 2. The summed E-state index contributed by atoms with van der Waals surface area (Å²) < 4.78 is 0.254. The van der Waals surface area contributed by atoms with Crippen LogP contribution in [0.2, 0.25) is 0 Å². The molecule has 5 rings (SSSR count). The molecule has 0 aliphatic heterocycles. The maximum absolute atomic E-state index is 13.9. The van der Waals surface area contributed by atoms with Crippen molar-refractivity contribution in [3.63, 3.8) is 0 Å². The van der Waals surface area contributed by atoms with Gasteiger partial charge >= 0.3 is 0 Å². The van der Waals surface area contributed by atoms with Gasteiger partial charge in [0.2, 0.25) is 4.77 Å². The van der Waals surface area contributed by atoms with E-state index in [0.717, 1.165) is 15.9 Å². The molecule has 8 heteroatoms. The third kappa shape index (κ3) is 5.55. The fraction of sp³-hybridized carbons (Fsp3) is 0.